The van der Waals surface area contributed by atoms with Gasteiger partial charge in [0.05, 0.1) is 6.20 Å². The summed E-state index contributed by atoms with van der Waals surface area (Å²) in [5.74, 6) is -0.694. The van der Waals surface area contributed by atoms with E-state index in [1.54, 1.807) is 0 Å². The van der Waals surface area contributed by atoms with E-state index < -0.39 is 5.97 Å². The molecule has 0 aromatic carbocycles. The Morgan fingerprint density at radius 1 is 1.80 bits per heavy atom. The van der Waals surface area contributed by atoms with Crippen LogP contribution in [-0.2, 0) is 11.2 Å². The van der Waals surface area contributed by atoms with Gasteiger partial charge in [0.15, 0.2) is 0 Å². The van der Waals surface area contributed by atoms with Crippen molar-refractivity contribution in [2.45, 2.75) is 6.42 Å². The first-order valence-corrected chi connectivity index (χ1v) is 2.39. The minimum atomic E-state index is -0.933. The molecule has 0 bridgehead atoms. The Morgan fingerprint density at radius 2 is 2.50 bits per heavy atom. The van der Waals surface area contributed by atoms with Gasteiger partial charge in [-0.05, 0) is 0 Å². The average molecular weight is 169 g/mol. The molecule has 0 aliphatic heterocycles. The number of hydrogen-bond acceptors (Lipinski definition) is 3. The zero-order chi connectivity index (χ0) is 6.69. The van der Waals surface area contributed by atoms with Crippen molar-refractivity contribution in [3.05, 3.63) is 18.4 Å². The van der Waals surface area contributed by atoms with Crippen LogP contribution in [0.25, 0.3) is 0 Å². The number of rotatable bonds is 2. The molecule has 0 saturated heterocycles. The third-order valence-electron chi connectivity index (χ3n) is 0.786. The molecule has 0 fully saturated rings. The molecule has 5 heteroatoms. The van der Waals surface area contributed by atoms with Crippen molar-refractivity contribution in [3.8, 4) is 0 Å². The summed E-state index contributed by atoms with van der Waals surface area (Å²) in [6, 6.07) is 0. The van der Waals surface area contributed by atoms with Crippen molar-refractivity contribution in [2.24, 2.45) is 0 Å². The van der Waals surface area contributed by atoms with E-state index in [0.29, 0.717) is 0 Å². The van der Waals surface area contributed by atoms with Crippen LogP contribution in [0.3, 0.4) is 0 Å². The predicted molar refractivity (Wildman–Crippen MR) is 36.4 cm³/mol. The number of carboxylic acid groups (broad SMARTS) is 1. The molecule has 0 spiro atoms. The van der Waals surface area contributed by atoms with Gasteiger partial charge in [0.2, 0.25) is 5.89 Å². The standard InChI is InChI=1S/C5H5NO3.Ca.2H/c7-5(8)3-4-6-1-2-9-4;;;/h1-2H,3H2,(H,7,8);;;. The van der Waals surface area contributed by atoms with E-state index in [4.69, 9.17) is 5.11 Å². The predicted octanol–water partition coefficient (Wildman–Crippen LogP) is -0.614. The number of carbonyl (C=O) groups is 1. The van der Waals surface area contributed by atoms with Gasteiger partial charge in [-0.1, -0.05) is 0 Å². The first-order valence-electron chi connectivity index (χ1n) is 2.39. The summed E-state index contributed by atoms with van der Waals surface area (Å²) in [5, 5.41) is 8.19. The Labute approximate surface area is 87.2 Å². The van der Waals surface area contributed by atoms with Gasteiger partial charge in [-0.2, -0.15) is 0 Å². The van der Waals surface area contributed by atoms with Crippen LogP contribution in [0.2, 0.25) is 0 Å². The molecule has 4 nitrogen and oxygen atoms in total. The molecule has 0 radical (unpaired) electrons. The van der Waals surface area contributed by atoms with Crippen LogP contribution in [0, 0.1) is 0 Å². The van der Waals surface area contributed by atoms with Gasteiger partial charge in [0.1, 0.15) is 12.7 Å². The number of aliphatic carboxylic acids is 1. The van der Waals surface area contributed by atoms with E-state index in [9.17, 15) is 4.79 Å². The van der Waals surface area contributed by atoms with Crippen LogP contribution < -0.4 is 0 Å². The molecule has 0 amide bonds. The summed E-state index contributed by atoms with van der Waals surface area (Å²) in [6.45, 7) is 0. The summed E-state index contributed by atoms with van der Waals surface area (Å²) >= 11 is 0. The van der Waals surface area contributed by atoms with Gasteiger partial charge in [0, 0.05) is 0 Å². The second-order valence-electron chi connectivity index (χ2n) is 1.50. The Bertz CT molecular complexity index is 197. The van der Waals surface area contributed by atoms with Crippen molar-refractivity contribution in [2.75, 3.05) is 0 Å². The van der Waals surface area contributed by atoms with E-state index >= 15 is 0 Å². The summed E-state index contributed by atoms with van der Waals surface area (Å²) in [5.41, 5.74) is 0. The molecular formula is C5H7CaNO3. The third kappa shape index (κ3) is 3.20. The van der Waals surface area contributed by atoms with Gasteiger partial charge in [-0.3, -0.25) is 4.79 Å². The van der Waals surface area contributed by atoms with Crippen LogP contribution in [0.4, 0.5) is 0 Å². The van der Waals surface area contributed by atoms with Crippen LogP contribution in [0.1, 0.15) is 5.89 Å². The van der Waals surface area contributed by atoms with Gasteiger partial charge in [-0.15, -0.1) is 0 Å². The molecule has 0 aliphatic carbocycles. The van der Waals surface area contributed by atoms with Crippen LogP contribution in [0.15, 0.2) is 16.9 Å². The van der Waals surface area contributed by atoms with Gasteiger partial charge in [0.25, 0.3) is 0 Å². The van der Waals surface area contributed by atoms with Crippen molar-refractivity contribution < 1.29 is 14.3 Å². The van der Waals surface area contributed by atoms with Crippen molar-refractivity contribution in [3.63, 3.8) is 0 Å². The number of hydrogen-bond donors (Lipinski definition) is 1. The van der Waals surface area contributed by atoms with Gasteiger partial charge in [-0.25, -0.2) is 4.98 Å². The molecule has 1 aromatic heterocycles. The fourth-order valence-corrected chi connectivity index (χ4v) is 0.470. The molecule has 0 unspecified atom stereocenters. The van der Waals surface area contributed by atoms with Crippen molar-refractivity contribution in [1.29, 1.82) is 0 Å². The van der Waals surface area contributed by atoms with Crippen LogP contribution in [-0.4, -0.2) is 53.8 Å². The SMILES string of the molecule is O=C(O)Cc1ncco1.[CaH2]. The summed E-state index contributed by atoms with van der Waals surface area (Å²) in [6.07, 6.45) is 2.61. The second-order valence-corrected chi connectivity index (χ2v) is 1.50. The molecule has 1 heterocycles. The summed E-state index contributed by atoms with van der Waals surface area (Å²) < 4.78 is 4.65. The summed E-state index contributed by atoms with van der Waals surface area (Å²) in [4.78, 5) is 13.6. The first kappa shape index (κ1) is 9.94. The van der Waals surface area contributed by atoms with E-state index in [2.05, 4.69) is 9.40 Å². The molecule has 0 aliphatic rings. The minimum absolute atomic E-state index is 0. The van der Waals surface area contributed by atoms with E-state index in [1.807, 2.05) is 0 Å². The molecule has 1 rings (SSSR count). The average Bonchev–Trinajstić information content (AvgIpc) is 2.15. The number of carboxylic acids is 1. The normalized spacial score (nSPS) is 8.40. The van der Waals surface area contributed by atoms with E-state index in [-0.39, 0.29) is 50.0 Å². The zero-order valence-corrected chi connectivity index (χ0v) is 4.57. The Kier molecular flexibility index (Phi) is 4.68. The first-order chi connectivity index (χ1) is 4.29. The monoisotopic (exact) mass is 169 g/mol. The fraction of sp³-hybridized carbons (Fsp3) is 0.200. The van der Waals surface area contributed by atoms with Crippen LogP contribution in [0.5, 0.6) is 0 Å². The number of oxazole rings is 1. The van der Waals surface area contributed by atoms with Crippen molar-refractivity contribution in [1.82, 2.24) is 4.98 Å². The topological polar surface area (TPSA) is 63.3 Å². The van der Waals surface area contributed by atoms with Crippen LogP contribution >= 0.6 is 0 Å². The molecule has 52 valence electrons. The van der Waals surface area contributed by atoms with E-state index in [0.717, 1.165) is 0 Å². The fourth-order valence-electron chi connectivity index (χ4n) is 0.470. The number of aromatic nitrogens is 1. The molecule has 0 saturated carbocycles. The molecular weight excluding hydrogens is 162 g/mol. The van der Waals surface area contributed by atoms with Gasteiger partial charge >= 0.3 is 43.7 Å². The zero-order valence-electron chi connectivity index (χ0n) is 4.57. The molecule has 10 heavy (non-hydrogen) atoms. The van der Waals surface area contributed by atoms with Crippen molar-refractivity contribution >= 4 is 43.7 Å². The Hall–Kier alpha value is -0.0603. The Balaban J connectivity index is 0.000000810. The summed E-state index contributed by atoms with van der Waals surface area (Å²) in [7, 11) is 0. The third-order valence-corrected chi connectivity index (χ3v) is 0.786. The molecule has 1 aromatic rings. The maximum atomic E-state index is 9.97. The Morgan fingerprint density at radius 3 is 2.90 bits per heavy atom. The molecule has 0 atom stereocenters. The quantitative estimate of drug-likeness (QED) is 0.600. The molecule has 1 N–H and O–H groups in total. The van der Waals surface area contributed by atoms with Gasteiger partial charge < -0.3 is 9.52 Å². The van der Waals surface area contributed by atoms with E-state index in [1.165, 1.54) is 12.5 Å². The maximum absolute atomic E-state index is 9.97. The number of nitrogens with zero attached hydrogens (tertiary/aromatic N) is 1. The second kappa shape index (κ2) is 4.71.